The predicted octanol–water partition coefficient (Wildman–Crippen LogP) is 4.45. The van der Waals surface area contributed by atoms with E-state index in [9.17, 15) is 9.59 Å². The molecule has 3 nitrogen and oxygen atoms in total. The number of rotatable bonds is 5. The number of benzene rings is 2. The standard InChI is InChI=1S/C17H15Cl2NO2/c1-12-5-2-3-8-15(12)17(22)20(10-9-16(19)21)14-7-4-6-13(18)11-14/h2-8,11H,9-10H2,1H3. The molecular formula is C17H15Cl2NO2. The van der Waals surface area contributed by atoms with Gasteiger partial charge < -0.3 is 4.90 Å². The van der Waals surface area contributed by atoms with Gasteiger partial charge in [0.1, 0.15) is 0 Å². The summed E-state index contributed by atoms with van der Waals surface area (Å²) < 4.78 is 0. The molecule has 0 radical (unpaired) electrons. The summed E-state index contributed by atoms with van der Waals surface area (Å²) in [5.74, 6) is -0.182. The highest BCUT2D eigenvalue weighted by molar-refractivity contribution is 6.63. The fraction of sp³-hybridized carbons (Fsp3) is 0.176. The molecule has 22 heavy (non-hydrogen) atoms. The van der Waals surface area contributed by atoms with Crippen molar-refractivity contribution in [3.05, 3.63) is 64.7 Å². The zero-order valence-electron chi connectivity index (χ0n) is 12.1. The van der Waals surface area contributed by atoms with E-state index in [2.05, 4.69) is 0 Å². The summed E-state index contributed by atoms with van der Waals surface area (Å²) in [5.41, 5.74) is 2.10. The summed E-state index contributed by atoms with van der Waals surface area (Å²) in [6, 6.07) is 14.3. The maximum atomic E-state index is 12.8. The average Bonchev–Trinajstić information content (AvgIpc) is 2.47. The summed E-state index contributed by atoms with van der Waals surface area (Å²) >= 11 is 11.4. The van der Waals surface area contributed by atoms with Gasteiger partial charge in [0, 0.05) is 29.2 Å². The van der Waals surface area contributed by atoms with Crippen molar-refractivity contribution in [3.63, 3.8) is 0 Å². The molecule has 0 heterocycles. The van der Waals surface area contributed by atoms with Crippen LogP contribution < -0.4 is 4.90 Å². The number of halogens is 2. The third-order valence-corrected chi connectivity index (χ3v) is 3.70. The minimum atomic E-state index is -0.482. The first-order chi connectivity index (χ1) is 10.5. The lowest BCUT2D eigenvalue weighted by Gasteiger charge is -2.23. The number of carbonyl (C=O) groups excluding carboxylic acids is 2. The van der Waals surface area contributed by atoms with Crippen LogP contribution in [-0.4, -0.2) is 17.7 Å². The van der Waals surface area contributed by atoms with E-state index >= 15 is 0 Å². The second-order valence-electron chi connectivity index (χ2n) is 4.86. The Bertz CT molecular complexity index is 701. The molecule has 114 valence electrons. The molecule has 0 aliphatic carbocycles. The second kappa shape index (κ2) is 7.43. The van der Waals surface area contributed by atoms with Crippen LogP contribution in [0.15, 0.2) is 48.5 Å². The summed E-state index contributed by atoms with van der Waals surface area (Å²) in [6.45, 7) is 2.08. The number of anilines is 1. The fourth-order valence-corrected chi connectivity index (χ4v) is 2.42. The summed E-state index contributed by atoms with van der Waals surface area (Å²) in [7, 11) is 0. The van der Waals surface area contributed by atoms with Gasteiger partial charge in [-0.15, -0.1) is 0 Å². The molecule has 0 N–H and O–H groups in total. The van der Waals surface area contributed by atoms with Gasteiger partial charge in [-0.1, -0.05) is 35.9 Å². The molecule has 2 aromatic rings. The Balaban J connectivity index is 2.37. The Hall–Kier alpha value is -1.84. The van der Waals surface area contributed by atoms with E-state index in [0.717, 1.165) is 5.56 Å². The van der Waals surface area contributed by atoms with Crippen molar-refractivity contribution in [3.8, 4) is 0 Å². The number of hydrogen-bond acceptors (Lipinski definition) is 2. The van der Waals surface area contributed by atoms with Crippen LogP contribution in [-0.2, 0) is 4.79 Å². The molecule has 0 atom stereocenters. The van der Waals surface area contributed by atoms with Gasteiger partial charge in [-0.05, 0) is 48.4 Å². The Morgan fingerprint density at radius 2 is 1.82 bits per heavy atom. The van der Waals surface area contributed by atoms with Crippen molar-refractivity contribution >= 4 is 40.0 Å². The smallest absolute Gasteiger partial charge is 0.258 e. The average molecular weight is 336 g/mol. The number of hydrogen-bond donors (Lipinski definition) is 0. The van der Waals surface area contributed by atoms with Gasteiger partial charge in [0.25, 0.3) is 5.91 Å². The summed E-state index contributed by atoms with van der Waals surface area (Å²) in [4.78, 5) is 25.4. The molecule has 2 aromatic carbocycles. The summed E-state index contributed by atoms with van der Waals surface area (Å²) in [6.07, 6.45) is 0.0751. The van der Waals surface area contributed by atoms with E-state index in [1.54, 1.807) is 30.3 Å². The molecule has 1 amide bonds. The third-order valence-electron chi connectivity index (χ3n) is 3.27. The van der Waals surface area contributed by atoms with Crippen molar-refractivity contribution in [2.75, 3.05) is 11.4 Å². The second-order valence-corrected chi connectivity index (χ2v) is 5.71. The lowest BCUT2D eigenvalue weighted by molar-refractivity contribution is -0.111. The Kier molecular flexibility index (Phi) is 5.58. The molecule has 0 aromatic heterocycles. The van der Waals surface area contributed by atoms with Crippen LogP contribution in [0.1, 0.15) is 22.3 Å². The van der Waals surface area contributed by atoms with Gasteiger partial charge in [-0.2, -0.15) is 0 Å². The van der Waals surface area contributed by atoms with Gasteiger partial charge in [0.15, 0.2) is 0 Å². The molecule has 0 saturated heterocycles. The molecule has 0 saturated carbocycles. The number of aryl methyl sites for hydroxylation is 1. The van der Waals surface area contributed by atoms with Crippen LogP contribution in [0, 0.1) is 6.92 Å². The van der Waals surface area contributed by atoms with E-state index < -0.39 is 5.24 Å². The van der Waals surface area contributed by atoms with Gasteiger partial charge in [-0.25, -0.2) is 0 Å². The number of carbonyl (C=O) groups is 2. The van der Waals surface area contributed by atoms with Crippen molar-refractivity contribution in [1.82, 2.24) is 0 Å². The third kappa shape index (κ3) is 4.09. The van der Waals surface area contributed by atoms with Crippen LogP contribution in [0.25, 0.3) is 0 Å². The lowest BCUT2D eigenvalue weighted by Crippen LogP contribution is -2.33. The molecule has 0 aliphatic rings. The first kappa shape index (κ1) is 16.5. The zero-order chi connectivity index (χ0) is 16.1. The first-order valence-electron chi connectivity index (χ1n) is 6.80. The zero-order valence-corrected chi connectivity index (χ0v) is 13.6. The van der Waals surface area contributed by atoms with Gasteiger partial charge in [-0.3, -0.25) is 9.59 Å². The first-order valence-corrected chi connectivity index (χ1v) is 7.56. The highest BCUT2D eigenvalue weighted by Gasteiger charge is 2.20. The molecule has 5 heteroatoms. The quantitative estimate of drug-likeness (QED) is 0.757. The van der Waals surface area contributed by atoms with Gasteiger partial charge >= 0.3 is 0 Å². The largest absolute Gasteiger partial charge is 0.308 e. The van der Waals surface area contributed by atoms with Crippen LogP contribution in [0.5, 0.6) is 0 Å². The number of amides is 1. The minimum absolute atomic E-state index is 0.0751. The van der Waals surface area contributed by atoms with Crippen molar-refractivity contribution < 1.29 is 9.59 Å². The van der Waals surface area contributed by atoms with Crippen molar-refractivity contribution in [1.29, 1.82) is 0 Å². The number of nitrogens with zero attached hydrogens (tertiary/aromatic N) is 1. The molecule has 0 aliphatic heterocycles. The molecular weight excluding hydrogens is 321 g/mol. The van der Waals surface area contributed by atoms with Crippen LogP contribution in [0.3, 0.4) is 0 Å². The Morgan fingerprint density at radius 1 is 1.09 bits per heavy atom. The topological polar surface area (TPSA) is 37.4 Å². The van der Waals surface area contributed by atoms with E-state index in [-0.39, 0.29) is 18.9 Å². The van der Waals surface area contributed by atoms with E-state index in [0.29, 0.717) is 16.3 Å². The highest BCUT2D eigenvalue weighted by Crippen LogP contribution is 2.23. The van der Waals surface area contributed by atoms with Crippen molar-refractivity contribution in [2.24, 2.45) is 0 Å². The highest BCUT2D eigenvalue weighted by atomic mass is 35.5. The fourth-order valence-electron chi connectivity index (χ4n) is 2.15. The van der Waals surface area contributed by atoms with Crippen molar-refractivity contribution in [2.45, 2.75) is 13.3 Å². The van der Waals surface area contributed by atoms with E-state index in [4.69, 9.17) is 23.2 Å². The minimum Gasteiger partial charge on any atom is -0.308 e. The Labute approximate surface area is 139 Å². The predicted molar refractivity (Wildman–Crippen MR) is 89.8 cm³/mol. The van der Waals surface area contributed by atoms with Crippen LogP contribution in [0.2, 0.25) is 5.02 Å². The Morgan fingerprint density at radius 3 is 2.45 bits per heavy atom. The van der Waals surface area contributed by atoms with Gasteiger partial charge in [0.05, 0.1) is 0 Å². The molecule has 0 spiro atoms. The van der Waals surface area contributed by atoms with Crippen LogP contribution in [0.4, 0.5) is 5.69 Å². The maximum absolute atomic E-state index is 12.8. The normalized spacial score (nSPS) is 10.3. The lowest BCUT2D eigenvalue weighted by atomic mass is 10.1. The molecule has 0 bridgehead atoms. The molecule has 2 rings (SSSR count). The maximum Gasteiger partial charge on any atom is 0.258 e. The van der Waals surface area contributed by atoms with E-state index in [1.807, 2.05) is 25.1 Å². The van der Waals surface area contributed by atoms with Crippen LogP contribution >= 0.6 is 23.2 Å². The van der Waals surface area contributed by atoms with E-state index in [1.165, 1.54) is 4.90 Å². The monoisotopic (exact) mass is 335 g/mol. The summed E-state index contributed by atoms with van der Waals surface area (Å²) in [5, 5.41) is 0.0434. The van der Waals surface area contributed by atoms with Gasteiger partial charge in [0.2, 0.25) is 5.24 Å². The molecule has 0 unspecified atom stereocenters. The SMILES string of the molecule is Cc1ccccc1C(=O)N(CCC(=O)Cl)c1cccc(Cl)c1. The molecule has 0 fully saturated rings.